The van der Waals surface area contributed by atoms with Crippen molar-refractivity contribution in [1.82, 2.24) is 25.1 Å². The zero-order valence-corrected chi connectivity index (χ0v) is 16.9. The molecule has 0 bridgehead atoms. The highest BCUT2D eigenvalue weighted by Gasteiger charge is 2.23. The largest absolute Gasteiger partial charge is 0.394 e. The third-order valence-corrected chi connectivity index (χ3v) is 5.22. The first-order valence-corrected chi connectivity index (χ1v) is 9.42. The second-order valence-electron chi connectivity index (χ2n) is 7.12. The highest BCUT2D eigenvalue weighted by molar-refractivity contribution is 7.12. The summed E-state index contributed by atoms with van der Waals surface area (Å²) in [7, 11) is 0. The van der Waals surface area contributed by atoms with Crippen molar-refractivity contribution < 1.29 is 9.90 Å². The first-order valence-electron chi connectivity index (χ1n) is 8.60. The smallest absolute Gasteiger partial charge is 0.255 e. The number of amides is 1. The summed E-state index contributed by atoms with van der Waals surface area (Å²) in [4.78, 5) is 23.9. The molecule has 0 aliphatic rings. The van der Waals surface area contributed by atoms with Gasteiger partial charge < -0.3 is 10.4 Å². The van der Waals surface area contributed by atoms with Gasteiger partial charge in [0.25, 0.3) is 11.9 Å². The minimum absolute atomic E-state index is 0.156. The Labute approximate surface area is 162 Å². The summed E-state index contributed by atoms with van der Waals surface area (Å²) in [6.07, 6.45) is 3.19. The molecule has 3 aromatic heterocycles. The Hall–Kier alpha value is -2.58. The van der Waals surface area contributed by atoms with Crippen LogP contribution >= 0.6 is 11.3 Å². The number of nitrogens with one attached hydrogen (secondary N) is 1. The summed E-state index contributed by atoms with van der Waals surface area (Å²) >= 11 is 1.73. The normalized spacial score (nSPS) is 11.6. The fraction of sp³-hybridized carbons (Fsp3) is 0.368. The van der Waals surface area contributed by atoms with Crippen molar-refractivity contribution in [3.8, 4) is 17.2 Å². The molecular formula is C19H23N5O2S. The molecule has 0 radical (unpaired) electrons. The highest BCUT2D eigenvalue weighted by atomic mass is 32.1. The maximum atomic E-state index is 12.5. The lowest BCUT2D eigenvalue weighted by atomic mass is 10.1. The van der Waals surface area contributed by atoms with E-state index in [9.17, 15) is 9.90 Å². The van der Waals surface area contributed by atoms with E-state index in [0.29, 0.717) is 17.2 Å². The number of nitrogens with zero attached hydrogens (tertiary/aromatic N) is 4. The molecule has 8 heteroatoms. The van der Waals surface area contributed by atoms with Crippen molar-refractivity contribution in [2.75, 3.05) is 6.61 Å². The number of rotatable bonds is 5. The average Bonchev–Trinajstić information content (AvgIpc) is 3.16. The highest BCUT2D eigenvalue weighted by Crippen LogP contribution is 2.29. The fourth-order valence-corrected chi connectivity index (χ4v) is 3.67. The van der Waals surface area contributed by atoms with Gasteiger partial charge in [0.2, 0.25) is 0 Å². The van der Waals surface area contributed by atoms with E-state index in [1.807, 2.05) is 6.07 Å². The van der Waals surface area contributed by atoms with Crippen molar-refractivity contribution in [2.45, 2.75) is 40.2 Å². The van der Waals surface area contributed by atoms with Crippen LogP contribution in [-0.4, -0.2) is 42.9 Å². The van der Waals surface area contributed by atoms with Gasteiger partial charge in [0.05, 0.1) is 35.3 Å². The van der Waals surface area contributed by atoms with Crippen molar-refractivity contribution >= 4 is 17.2 Å². The van der Waals surface area contributed by atoms with Crippen molar-refractivity contribution in [1.29, 1.82) is 0 Å². The van der Waals surface area contributed by atoms with Gasteiger partial charge in [-0.3, -0.25) is 4.79 Å². The number of aliphatic hydroxyl groups excluding tert-OH is 1. The van der Waals surface area contributed by atoms with Crippen molar-refractivity contribution in [3.05, 3.63) is 45.5 Å². The molecule has 7 nitrogen and oxygen atoms in total. The maximum absolute atomic E-state index is 12.5. The van der Waals surface area contributed by atoms with Crippen LogP contribution in [-0.2, 0) is 0 Å². The summed E-state index contributed by atoms with van der Waals surface area (Å²) in [5, 5.41) is 16.4. The van der Waals surface area contributed by atoms with Crippen LogP contribution in [0.25, 0.3) is 17.2 Å². The van der Waals surface area contributed by atoms with Gasteiger partial charge in [-0.15, -0.1) is 11.3 Å². The van der Waals surface area contributed by atoms with Crippen LogP contribution in [0.2, 0.25) is 0 Å². The van der Waals surface area contributed by atoms with Gasteiger partial charge in [-0.25, -0.2) is 14.6 Å². The quantitative estimate of drug-likeness (QED) is 0.704. The van der Waals surface area contributed by atoms with E-state index in [2.05, 4.69) is 40.3 Å². The molecule has 27 heavy (non-hydrogen) atoms. The molecule has 2 N–H and O–H groups in total. The number of thiophene rings is 1. The number of carbonyl (C=O) groups is 1. The van der Waals surface area contributed by atoms with Crippen molar-refractivity contribution in [3.63, 3.8) is 0 Å². The van der Waals surface area contributed by atoms with Gasteiger partial charge in [-0.1, -0.05) is 0 Å². The number of aryl methyl sites for hydroxylation is 2. The Balaban J connectivity index is 1.94. The molecule has 0 fully saturated rings. The molecule has 0 saturated carbocycles. The summed E-state index contributed by atoms with van der Waals surface area (Å²) in [6.45, 7) is 9.28. The first-order chi connectivity index (χ1) is 12.7. The van der Waals surface area contributed by atoms with E-state index in [0.717, 1.165) is 11.3 Å². The van der Waals surface area contributed by atoms with E-state index < -0.39 is 5.54 Å². The number of hydrogen-bond acceptors (Lipinski definition) is 6. The molecule has 0 aromatic carbocycles. The predicted octanol–water partition coefficient (Wildman–Crippen LogP) is 2.82. The third-order valence-electron chi connectivity index (χ3n) is 4.25. The zero-order valence-electron chi connectivity index (χ0n) is 16.1. The summed E-state index contributed by atoms with van der Waals surface area (Å²) in [5.41, 5.74) is 2.25. The van der Waals surface area contributed by atoms with E-state index in [4.69, 9.17) is 0 Å². The zero-order chi connectivity index (χ0) is 19.8. The fourth-order valence-electron chi connectivity index (χ4n) is 2.73. The van der Waals surface area contributed by atoms with Gasteiger partial charge in [-0.05, 0) is 46.8 Å². The molecule has 0 saturated heterocycles. The van der Waals surface area contributed by atoms with Crippen LogP contribution in [0.15, 0.2) is 24.5 Å². The van der Waals surface area contributed by atoms with Crippen LogP contribution in [0.5, 0.6) is 0 Å². The number of hydrogen-bond donors (Lipinski definition) is 2. The van der Waals surface area contributed by atoms with Gasteiger partial charge in [0.1, 0.15) is 0 Å². The van der Waals surface area contributed by atoms with Gasteiger partial charge in [0.15, 0.2) is 0 Å². The minimum atomic E-state index is -0.712. The van der Waals surface area contributed by atoms with Gasteiger partial charge >= 0.3 is 0 Å². The summed E-state index contributed by atoms with van der Waals surface area (Å²) in [6, 6.07) is 3.98. The molecule has 0 aliphatic heterocycles. The molecule has 1 amide bonds. The second kappa shape index (κ2) is 7.21. The molecular weight excluding hydrogens is 362 g/mol. The molecule has 0 unspecified atom stereocenters. The summed E-state index contributed by atoms with van der Waals surface area (Å²) in [5.74, 6) is 0.118. The number of aliphatic hydroxyl groups is 1. The molecule has 0 spiro atoms. The topological polar surface area (TPSA) is 92.9 Å². The third kappa shape index (κ3) is 3.91. The SMILES string of the molecule is Cc1cc(-c2ccnc(-n3ncc(C(=O)NC(C)(C)CO)c3C)n2)c(C)s1. The van der Waals surface area contributed by atoms with Crippen LogP contribution in [0, 0.1) is 20.8 Å². The van der Waals surface area contributed by atoms with Crippen LogP contribution < -0.4 is 5.32 Å². The van der Waals surface area contributed by atoms with Crippen molar-refractivity contribution in [2.24, 2.45) is 0 Å². The van der Waals surface area contributed by atoms with Crippen LogP contribution in [0.4, 0.5) is 0 Å². The van der Waals surface area contributed by atoms with Gasteiger partial charge in [0, 0.05) is 21.5 Å². The lowest BCUT2D eigenvalue weighted by Gasteiger charge is -2.23. The van der Waals surface area contributed by atoms with Crippen LogP contribution in [0.1, 0.15) is 39.7 Å². The Kier molecular flexibility index (Phi) is 5.12. The second-order valence-corrected chi connectivity index (χ2v) is 8.58. The predicted molar refractivity (Wildman–Crippen MR) is 105 cm³/mol. The molecule has 142 valence electrons. The van der Waals surface area contributed by atoms with E-state index >= 15 is 0 Å². The van der Waals surface area contributed by atoms with Gasteiger partial charge in [-0.2, -0.15) is 5.10 Å². The average molecular weight is 385 g/mol. The Bertz CT molecular complexity index is 990. The Morgan fingerprint density at radius 1 is 1.33 bits per heavy atom. The molecule has 3 heterocycles. The number of aromatic nitrogens is 4. The Morgan fingerprint density at radius 3 is 2.70 bits per heavy atom. The lowest BCUT2D eigenvalue weighted by Crippen LogP contribution is -2.46. The van der Waals surface area contributed by atoms with E-state index in [-0.39, 0.29) is 12.5 Å². The number of carbonyl (C=O) groups excluding carboxylic acids is 1. The standard InChI is InChI=1S/C19H23N5O2S/c1-11-8-14(13(3)27-11)16-6-7-20-18(22-16)24-12(2)15(9-21-24)17(26)23-19(4,5)10-25/h6-9,25H,10H2,1-5H3,(H,23,26). The van der Waals surface area contributed by atoms with E-state index in [1.165, 1.54) is 16.0 Å². The van der Waals surface area contributed by atoms with Crippen LogP contribution in [0.3, 0.4) is 0 Å². The van der Waals surface area contributed by atoms with E-state index in [1.54, 1.807) is 43.0 Å². The molecule has 0 atom stereocenters. The Morgan fingerprint density at radius 2 is 2.07 bits per heavy atom. The minimum Gasteiger partial charge on any atom is -0.394 e. The maximum Gasteiger partial charge on any atom is 0.255 e. The lowest BCUT2D eigenvalue weighted by molar-refractivity contribution is 0.0868. The molecule has 0 aliphatic carbocycles. The molecule has 3 aromatic rings. The summed E-state index contributed by atoms with van der Waals surface area (Å²) < 4.78 is 1.55. The monoisotopic (exact) mass is 385 g/mol. The molecule has 3 rings (SSSR count). The first kappa shape index (κ1) is 19.2.